The van der Waals surface area contributed by atoms with Gasteiger partial charge in [0, 0.05) is 17.6 Å². The number of fused-ring (bicyclic) bond motifs is 6. The van der Waals surface area contributed by atoms with E-state index in [9.17, 15) is 0 Å². The Hall–Kier alpha value is -2.93. The molecule has 106 valence electrons. The van der Waals surface area contributed by atoms with Crippen LogP contribution in [0.4, 0.5) is 5.69 Å². The zero-order valence-electron chi connectivity index (χ0n) is 12.5. The van der Waals surface area contributed by atoms with Crippen molar-refractivity contribution in [1.82, 2.24) is 0 Å². The molecule has 1 heterocycles. The Kier molecular flexibility index (Phi) is 1.96. The molecule has 0 unspecified atom stereocenters. The molecule has 1 heteroatoms. The van der Waals surface area contributed by atoms with E-state index in [0.29, 0.717) is 0 Å². The first-order chi connectivity index (χ1) is 11.4. The van der Waals surface area contributed by atoms with Crippen LogP contribution in [0.3, 0.4) is 0 Å². The molecule has 0 N–H and O–H groups in total. The zero-order valence-corrected chi connectivity index (χ0v) is 12.5. The van der Waals surface area contributed by atoms with Crippen molar-refractivity contribution in [1.29, 1.82) is 0 Å². The zero-order chi connectivity index (χ0) is 15.0. The summed E-state index contributed by atoms with van der Waals surface area (Å²) >= 11 is 0. The molecule has 0 amide bonds. The molecular weight excluding hydrogens is 278 g/mol. The van der Waals surface area contributed by atoms with Gasteiger partial charge in [-0.15, -0.1) is 0 Å². The third-order valence-corrected chi connectivity index (χ3v) is 5.24. The molecule has 0 saturated heterocycles. The van der Waals surface area contributed by atoms with Gasteiger partial charge in [-0.3, -0.25) is 4.99 Å². The van der Waals surface area contributed by atoms with Crippen LogP contribution in [-0.2, 0) is 0 Å². The third-order valence-electron chi connectivity index (χ3n) is 5.24. The van der Waals surface area contributed by atoms with Gasteiger partial charge in [-0.05, 0) is 38.8 Å². The summed E-state index contributed by atoms with van der Waals surface area (Å²) in [5, 5.41) is 2.78. The van der Waals surface area contributed by atoms with Crippen LogP contribution in [0.5, 0.6) is 0 Å². The summed E-state index contributed by atoms with van der Waals surface area (Å²) in [4.78, 5) is 4.93. The fourth-order valence-electron chi connectivity index (χ4n) is 4.34. The number of benzene rings is 3. The molecule has 0 spiro atoms. The molecule has 1 aliphatic heterocycles. The van der Waals surface area contributed by atoms with Gasteiger partial charge < -0.3 is 0 Å². The van der Waals surface area contributed by atoms with Gasteiger partial charge in [-0.2, -0.15) is 0 Å². The molecule has 3 aromatic carbocycles. The van der Waals surface area contributed by atoms with Crippen molar-refractivity contribution in [2.75, 3.05) is 0 Å². The minimum Gasteiger partial charge on any atom is -0.252 e. The first kappa shape index (κ1) is 11.6. The maximum absolute atomic E-state index is 4.93. The average molecular weight is 291 g/mol. The highest BCUT2D eigenvalue weighted by Crippen LogP contribution is 2.40. The van der Waals surface area contributed by atoms with Gasteiger partial charge >= 0.3 is 0 Å². The standard InChI is InChI=1S/C22H13N/c1-2-7-14-13(6-1)15-9-5-10-17-21(15)18(14)12-20-22(17)16-8-3-4-11-19(16)23-20/h1-11H,12H2. The summed E-state index contributed by atoms with van der Waals surface area (Å²) in [6, 6.07) is 24.0. The lowest BCUT2D eigenvalue weighted by Gasteiger charge is -2.13. The van der Waals surface area contributed by atoms with E-state index in [1.807, 2.05) is 0 Å². The lowest BCUT2D eigenvalue weighted by molar-refractivity contribution is 1.39. The number of para-hydroxylation sites is 1. The topological polar surface area (TPSA) is 12.4 Å². The van der Waals surface area contributed by atoms with Crippen molar-refractivity contribution >= 4 is 22.5 Å². The summed E-state index contributed by atoms with van der Waals surface area (Å²) in [6.07, 6.45) is 0.936. The maximum atomic E-state index is 4.93. The third kappa shape index (κ3) is 1.31. The van der Waals surface area contributed by atoms with Gasteiger partial charge in [0.05, 0.1) is 11.4 Å². The maximum Gasteiger partial charge on any atom is 0.0712 e. The lowest BCUT2D eigenvalue weighted by atomic mass is 9.89. The number of aliphatic imine (C=N–C) groups is 1. The second-order valence-corrected chi connectivity index (χ2v) is 6.38. The molecular formula is C22H13N. The van der Waals surface area contributed by atoms with E-state index in [4.69, 9.17) is 4.99 Å². The molecule has 3 aliphatic rings. The van der Waals surface area contributed by atoms with E-state index in [-0.39, 0.29) is 0 Å². The Morgan fingerprint density at radius 1 is 0.652 bits per heavy atom. The first-order valence-corrected chi connectivity index (χ1v) is 8.05. The van der Waals surface area contributed by atoms with Gasteiger partial charge in [0.25, 0.3) is 0 Å². The van der Waals surface area contributed by atoms with Crippen LogP contribution in [-0.4, -0.2) is 5.71 Å². The van der Waals surface area contributed by atoms with Gasteiger partial charge in [0.15, 0.2) is 0 Å². The summed E-state index contributed by atoms with van der Waals surface area (Å²) in [7, 11) is 0. The minimum atomic E-state index is 0.936. The molecule has 0 fully saturated rings. The second-order valence-electron chi connectivity index (χ2n) is 6.38. The first-order valence-electron chi connectivity index (χ1n) is 8.05. The Morgan fingerprint density at radius 3 is 2.30 bits per heavy atom. The van der Waals surface area contributed by atoms with E-state index < -0.39 is 0 Å². The van der Waals surface area contributed by atoms with Crippen molar-refractivity contribution in [3.05, 3.63) is 88.3 Å². The Labute approximate surface area is 134 Å². The molecule has 1 nitrogen and oxygen atoms in total. The van der Waals surface area contributed by atoms with Crippen molar-refractivity contribution < 1.29 is 0 Å². The molecule has 0 saturated carbocycles. The van der Waals surface area contributed by atoms with Crippen molar-refractivity contribution in [2.24, 2.45) is 4.99 Å². The van der Waals surface area contributed by atoms with Gasteiger partial charge in [0.2, 0.25) is 0 Å². The molecule has 0 atom stereocenters. The SMILES string of the molecule is c1ccc2c(c1)N=C1CC3=c4c(cccc4=C12)-c1ccccc13. The predicted molar refractivity (Wildman–Crippen MR) is 94.3 cm³/mol. The van der Waals surface area contributed by atoms with Crippen molar-refractivity contribution in [3.8, 4) is 11.1 Å². The lowest BCUT2D eigenvalue weighted by Crippen LogP contribution is -2.34. The quantitative estimate of drug-likeness (QED) is 0.600. The van der Waals surface area contributed by atoms with E-state index in [2.05, 4.69) is 66.7 Å². The summed E-state index contributed by atoms with van der Waals surface area (Å²) in [6.45, 7) is 0. The minimum absolute atomic E-state index is 0.936. The number of hydrogen-bond donors (Lipinski definition) is 0. The van der Waals surface area contributed by atoms with Gasteiger partial charge in [-0.1, -0.05) is 60.7 Å². The average Bonchev–Trinajstić information content (AvgIpc) is 3.13. The Balaban J connectivity index is 1.85. The molecule has 23 heavy (non-hydrogen) atoms. The van der Waals surface area contributed by atoms with Crippen LogP contribution in [0.2, 0.25) is 0 Å². The Morgan fingerprint density at radius 2 is 1.39 bits per heavy atom. The van der Waals surface area contributed by atoms with E-state index >= 15 is 0 Å². The summed E-state index contributed by atoms with van der Waals surface area (Å²) in [5.74, 6) is 0. The monoisotopic (exact) mass is 291 g/mol. The van der Waals surface area contributed by atoms with Crippen LogP contribution >= 0.6 is 0 Å². The summed E-state index contributed by atoms with van der Waals surface area (Å²) < 4.78 is 0. The van der Waals surface area contributed by atoms with Crippen LogP contribution in [0, 0.1) is 0 Å². The largest absolute Gasteiger partial charge is 0.252 e. The van der Waals surface area contributed by atoms with E-state index in [1.54, 1.807) is 0 Å². The normalized spacial score (nSPS) is 15.7. The highest BCUT2D eigenvalue weighted by molar-refractivity contribution is 6.32. The second kappa shape index (κ2) is 3.88. The number of hydrogen-bond acceptors (Lipinski definition) is 1. The molecule has 3 aromatic rings. The molecule has 0 radical (unpaired) electrons. The number of rotatable bonds is 0. The van der Waals surface area contributed by atoms with E-state index in [0.717, 1.165) is 12.1 Å². The van der Waals surface area contributed by atoms with Gasteiger partial charge in [0.1, 0.15) is 0 Å². The van der Waals surface area contributed by atoms with E-state index in [1.165, 1.54) is 49.5 Å². The van der Waals surface area contributed by atoms with Crippen LogP contribution < -0.4 is 10.4 Å². The smallest absolute Gasteiger partial charge is 0.0712 e. The highest BCUT2D eigenvalue weighted by Gasteiger charge is 2.30. The van der Waals surface area contributed by atoms with Gasteiger partial charge in [-0.25, -0.2) is 0 Å². The van der Waals surface area contributed by atoms with Crippen LogP contribution in [0.25, 0.3) is 22.3 Å². The van der Waals surface area contributed by atoms with Crippen LogP contribution in [0.1, 0.15) is 17.5 Å². The van der Waals surface area contributed by atoms with Crippen LogP contribution in [0.15, 0.2) is 71.7 Å². The predicted octanol–water partition coefficient (Wildman–Crippen LogP) is 3.55. The molecule has 2 aliphatic carbocycles. The fourth-order valence-corrected chi connectivity index (χ4v) is 4.34. The highest BCUT2D eigenvalue weighted by atomic mass is 14.8. The molecule has 0 bridgehead atoms. The van der Waals surface area contributed by atoms with Crippen molar-refractivity contribution in [2.45, 2.75) is 6.42 Å². The number of nitrogens with zero attached hydrogens (tertiary/aromatic N) is 1. The summed E-state index contributed by atoms with van der Waals surface area (Å²) in [5.41, 5.74) is 10.5. The molecule has 0 aromatic heterocycles. The fraction of sp³-hybridized carbons (Fsp3) is 0.0455. The molecule has 6 rings (SSSR count). The van der Waals surface area contributed by atoms with Crippen molar-refractivity contribution in [3.63, 3.8) is 0 Å². The Bertz CT molecular complexity index is 1180.